The molecule has 4 atom stereocenters. The minimum absolute atomic E-state index is 0.0403. The molecule has 5 aromatic rings. The van der Waals surface area contributed by atoms with Crippen molar-refractivity contribution in [1.29, 1.82) is 0 Å². The first kappa shape index (κ1) is 30.0. The summed E-state index contributed by atoms with van der Waals surface area (Å²) in [6.07, 6.45) is 6.82. The van der Waals surface area contributed by atoms with Crippen molar-refractivity contribution in [1.82, 2.24) is 35.9 Å². The summed E-state index contributed by atoms with van der Waals surface area (Å²) in [5.74, 6) is -3.08. The number of nitrogens with one attached hydrogen (secondary N) is 6. The Balaban J connectivity index is 1.22. The molecule has 0 radical (unpaired) electrons. The number of amides is 3. The molecule has 3 heterocycles. The molecule has 0 aliphatic heterocycles. The van der Waals surface area contributed by atoms with Crippen molar-refractivity contribution < 1.29 is 24.3 Å². The Morgan fingerprint density at radius 2 is 1.36 bits per heavy atom. The van der Waals surface area contributed by atoms with E-state index in [2.05, 4.69) is 35.9 Å². The predicted molar refractivity (Wildman–Crippen MR) is 163 cm³/mol. The summed E-state index contributed by atoms with van der Waals surface area (Å²) in [7, 11) is 0. The van der Waals surface area contributed by atoms with Crippen LogP contribution in [0.4, 0.5) is 0 Å². The van der Waals surface area contributed by atoms with E-state index in [1.54, 1.807) is 12.4 Å². The van der Waals surface area contributed by atoms with Crippen LogP contribution in [0.1, 0.15) is 23.7 Å². The van der Waals surface area contributed by atoms with Gasteiger partial charge in [-0.2, -0.15) is 0 Å². The van der Waals surface area contributed by atoms with Crippen molar-refractivity contribution in [2.24, 2.45) is 5.73 Å². The monoisotopic (exact) mass is 598 g/mol. The zero-order valence-electron chi connectivity index (χ0n) is 24.0. The molecule has 0 aliphatic rings. The van der Waals surface area contributed by atoms with Crippen LogP contribution in [0.5, 0.6) is 0 Å². The minimum atomic E-state index is -1.23. The molecule has 44 heavy (non-hydrogen) atoms. The summed E-state index contributed by atoms with van der Waals surface area (Å²) in [6, 6.07) is 10.7. The van der Waals surface area contributed by atoms with E-state index in [1.165, 1.54) is 19.4 Å². The van der Waals surface area contributed by atoms with Crippen LogP contribution >= 0.6 is 0 Å². The zero-order chi connectivity index (χ0) is 31.2. The maximum atomic E-state index is 13.4. The van der Waals surface area contributed by atoms with Gasteiger partial charge in [0, 0.05) is 58.9 Å². The predicted octanol–water partition coefficient (Wildman–Crippen LogP) is 1.29. The summed E-state index contributed by atoms with van der Waals surface area (Å²) < 4.78 is 0. The average molecular weight is 599 g/mol. The highest BCUT2D eigenvalue weighted by atomic mass is 16.4. The number of aliphatic carboxylic acids is 1. The molecule has 3 amide bonds. The van der Waals surface area contributed by atoms with E-state index < -0.39 is 47.9 Å². The third-order valence-corrected chi connectivity index (χ3v) is 7.53. The van der Waals surface area contributed by atoms with E-state index in [0.29, 0.717) is 5.69 Å². The average Bonchev–Trinajstić information content (AvgIpc) is 3.77. The molecule has 0 saturated heterocycles. The Bertz CT molecular complexity index is 1780. The molecule has 0 saturated carbocycles. The van der Waals surface area contributed by atoms with Crippen molar-refractivity contribution in [2.45, 2.75) is 50.4 Å². The molecule has 0 aliphatic carbocycles. The Hall–Kier alpha value is -5.43. The van der Waals surface area contributed by atoms with E-state index >= 15 is 0 Å². The lowest BCUT2D eigenvalue weighted by Crippen LogP contribution is -2.57. The third kappa shape index (κ3) is 6.95. The van der Waals surface area contributed by atoms with Gasteiger partial charge in [0.2, 0.25) is 17.7 Å². The van der Waals surface area contributed by atoms with Crippen molar-refractivity contribution in [3.63, 3.8) is 0 Å². The fourth-order valence-corrected chi connectivity index (χ4v) is 5.13. The number of fused-ring (bicyclic) bond motifs is 2. The lowest BCUT2D eigenvalue weighted by atomic mass is 10.0. The molecule has 228 valence electrons. The Morgan fingerprint density at radius 3 is 1.95 bits per heavy atom. The Kier molecular flexibility index (Phi) is 9.05. The second kappa shape index (κ2) is 13.3. The van der Waals surface area contributed by atoms with Gasteiger partial charge < -0.3 is 41.7 Å². The number of carboxylic acids is 1. The van der Waals surface area contributed by atoms with Crippen LogP contribution in [0, 0.1) is 0 Å². The van der Waals surface area contributed by atoms with Gasteiger partial charge in [0.15, 0.2) is 0 Å². The first-order valence-electron chi connectivity index (χ1n) is 14.2. The summed E-state index contributed by atoms with van der Waals surface area (Å²) in [5, 5.41) is 19.4. The van der Waals surface area contributed by atoms with Crippen molar-refractivity contribution in [3.8, 4) is 0 Å². The van der Waals surface area contributed by atoms with E-state index in [1.807, 2.05) is 48.5 Å². The standard InChI is InChI=1S/C31H34N8O5/c1-17(28(40)39-27(31(43)44)11-19-14-35-25-9-5-3-7-22(19)25)37-30(42)26(12-20-15-33-16-36-20)38-29(41)23(32)10-18-13-34-24-8-4-2-6-21(18)24/h2-9,13-17,23,26-27,34-35H,10-12,32H2,1H3,(H,33,36)(H,37,42)(H,38,41)(H,39,40)(H,43,44). The van der Waals surface area contributed by atoms with Gasteiger partial charge in [-0.1, -0.05) is 36.4 Å². The molecule has 0 bridgehead atoms. The molecule has 0 fully saturated rings. The van der Waals surface area contributed by atoms with E-state index in [-0.39, 0.29) is 19.3 Å². The molecule has 4 unspecified atom stereocenters. The van der Waals surface area contributed by atoms with Crippen molar-refractivity contribution in [2.75, 3.05) is 0 Å². The molecule has 9 N–H and O–H groups in total. The largest absolute Gasteiger partial charge is 0.480 e. The van der Waals surface area contributed by atoms with Crippen LogP contribution in [0.15, 0.2) is 73.4 Å². The van der Waals surface area contributed by atoms with Crippen LogP contribution in [-0.2, 0) is 38.4 Å². The van der Waals surface area contributed by atoms with Gasteiger partial charge in [0.05, 0.1) is 12.4 Å². The maximum absolute atomic E-state index is 13.4. The fraction of sp³-hybridized carbons (Fsp3) is 0.258. The highest BCUT2D eigenvalue weighted by molar-refractivity contribution is 5.94. The maximum Gasteiger partial charge on any atom is 0.326 e. The number of hydrogen-bond acceptors (Lipinski definition) is 6. The number of rotatable bonds is 13. The number of hydrogen-bond donors (Lipinski definition) is 8. The topological polar surface area (TPSA) is 211 Å². The van der Waals surface area contributed by atoms with Crippen LogP contribution in [-0.4, -0.2) is 72.9 Å². The van der Waals surface area contributed by atoms with Crippen LogP contribution in [0.3, 0.4) is 0 Å². The lowest BCUT2D eigenvalue weighted by molar-refractivity contribution is -0.142. The van der Waals surface area contributed by atoms with Gasteiger partial charge in [-0.3, -0.25) is 14.4 Å². The van der Waals surface area contributed by atoms with E-state index in [9.17, 15) is 24.3 Å². The third-order valence-electron chi connectivity index (χ3n) is 7.53. The molecule has 13 nitrogen and oxygen atoms in total. The lowest BCUT2D eigenvalue weighted by Gasteiger charge is -2.23. The summed E-state index contributed by atoms with van der Waals surface area (Å²) in [4.78, 5) is 64.6. The summed E-state index contributed by atoms with van der Waals surface area (Å²) in [5.41, 5.74) is 10.2. The van der Waals surface area contributed by atoms with Crippen LogP contribution < -0.4 is 21.7 Å². The number of carboxylic acid groups (broad SMARTS) is 1. The smallest absolute Gasteiger partial charge is 0.326 e. The number of carbonyl (C=O) groups is 4. The zero-order valence-corrected chi connectivity index (χ0v) is 24.0. The first-order chi connectivity index (χ1) is 21.2. The number of aromatic nitrogens is 4. The molecular weight excluding hydrogens is 564 g/mol. The summed E-state index contributed by atoms with van der Waals surface area (Å²) in [6.45, 7) is 1.44. The molecule has 2 aromatic carbocycles. The SMILES string of the molecule is CC(NC(=O)C(Cc1cnc[nH]1)NC(=O)C(N)Cc1c[nH]c2ccccc12)C(=O)NC(Cc1c[nH]c2ccccc12)C(=O)O. The Labute approximate surface area is 252 Å². The highest BCUT2D eigenvalue weighted by Gasteiger charge is 2.29. The number of H-pyrrole nitrogens is 3. The van der Waals surface area contributed by atoms with E-state index in [0.717, 1.165) is 32.9 Å². The van der Waals surface area contributed by atoms with Crippen molar-refractivity contribution in [3.05, 3.63) is 90.3 Å². The Morgan fingerprint density at radius 1 is 0.773 bits per heavy atom. The van der Waals surface area contributed by atoms with Crippen LogP contribution in [0.2, 0.25) is 0 Å². The quantitative estimate of drug-likeness (QED) is 0.0994. The van der Waals surface area contributed by atoms with E-state index in [4.69, 9.17) is 5.73 Å². The normalized spacial score (nSPS) is 14.0. The number of aromatic amines is 3. The summed E-state index contributed by atoms with van der Waals surface area (Å²) >= 11 is 0. The second-order valence-electron chi connectivity index (χ2n) is 10.7. The second-order valence-corrected chi connectivity index (χ2v) is 10.7. The number of benzene rings is 2. The number of carbonyl (C=O) groups excluding carboxylic acids is 3. The van der Waals surface area contributed by atoms with Gasteiger partial charge in [-0.25, -0.2) is 9.78 Å². The first-order valence-corrected chi connectivity index (χ1v) is 14.2. The fourth-order valence-electron chi connectivity index (χ4n) is 5.13. The van der Waals surface area contributed by atoms with Gasteiger partial charge in [-0.05, 0) is 36.6 Å². The molecule has 3 aromatic heterocycles. The minimum Gasteiger partial charge on any atom is -0.480 e. The molecule has 0 spiro atoms. The van der Waals surface area contributed by atoms with Gasteiger partial charge in [0.1, 0.15) is 18.1 Å². The van der Waals surface area contributed by atoms with Crippen LogP contribution in [0.25, 0.3) is 21.8 Å². The molecular formula is C31H34N8O5. The van der Waals surface area contributed by atoms with Gasteiger partial charge >= 0.3 is 5.97 Å². The number of nitrogens with zero attached hydrogens (tertiary/aromatic N) is 1. The molecule has 13 heteroatoms. The van der Waals surface area contributed by atoms with Crippen molar-refractivity contribution >= 4 is 45.5 Å². The number of imidazole rings is 1. The number of nitrogens with two attached hydrogens (primary N) is 1. The highest BCUT2D eigenvalue weighted by Crippen LogP contribution is 2.20. The van der Waals surface area contributed by atoms with Gasteiger partial charge in [-0.15, -0.1) is 0 Å². The number of para-hydroxylation sites is 2. The molecule has 5 rings (SSSR count). The van der Waals surface area contributed by atoms with Gasteiger partial charge in [0.25, 0.3) is 0 Å².